The third kappa shape index (κ3) is 8.40. The minimum absolute atomic E-state index is 0.0438. The number of ether oxygens (including phenoxy) is 3. The largest absolute Gasteiger partial charge is 0.492 e. The predicted molar refractivity (Wildman–Crippen MR) is 141 cm³/mol. The molecule has 35 heavy (non-hydrogen) atoms. The van der Waals surface area contributed by atoms with Crippen LogP contribution in [0.2, 0.25) is 0 Å². The van der Waals surface area contributed by atoms with Crippen LogP contribution < -0.4 is 24.7 Å². The summed E-state index contributed by atoms with van der Waals surface area (Å²) in [6.45, 7) is 10.2. The van der Waals surface area contributed by atoms with Gasteiger partial charge in [0.1, 0.15) is 16.7 Å². The number of para-hydroxylation sites is 1. The van der Waals surface area contributed by atoms with Crippen molar-refractivity contribution in [3.05, 3.63) is 47.0 Å². The zero-order valence-electron chi connectivity index (χ0n) is 25.8. The Morgan fingerprint density at radius 1 is 1.09 bits per heavy atom. The first kappa shape index (κ1) is 23.1. The van der Waals surface area contributed by atoms with Gasteiger partial charge in [0.25, 0.3) is 0 Å². The lowest BCUT2D eigenvalue weighted by Crippen LogP contribution is -2.38. The summed E-state index contributed by atoms with van der Waals surface area (Å²) in [5.41, 5.74) is 1.99. The Labute approximate surface area is 217 Å². The molecule has 7 nitrogen and oxygen atoms in total. The Bertz CT molecular complexity index is 1230. The second-order valence-electron chi connectivity index (χ2n) is 8.74. The van der Waals surface area contributed by atoms with E-state index in [1.165, 1.54) is 13.8 Å². The third-order valence-electron chi connectivity index (χ3n) is 5.44. The molecule has 0 saturated heterocycles. The molecule has 0 amide bonds. The Hall–Kier alpha value is -2.29. The van der Waals surface area contributed by atoms with Crippen LogP contribution in [0.25, 0.3) is 0 Å². The number of nitrogens with one attached hydrogen (secondary N) is 1. The summed E-state index contributed by atoms with van der Waals surface area (Å²) in [4.78, 5) is -0.0438. The van der Waals surface area contributed by atoms with E-state index >= 15 is 0 Å². The SMILES string of the molecule is [2H]C(C)[C@H](Cc1ccc(OCC)c(S(N)(=O)=O)c1C)NCC(C)Oc1c(C)cccc1OC([2H])([2H])C([2H])(C)C. The van der Waals surface area contributed by atoms with Gasteiger partial charge in [-0.15, -0.1) is 0 Å². The smallest absolute Gasteiger partial charge is 0.242 e. The van der Waals surface area contributed by atoms with Crippen molar-refractivity contribution >= 4 is 10.0 Å². The number of hydrogen-bond donors (Lipinski definition) is 2. The Kier molecular flexibility index (Phi) is 8.68. The highest BCUT2D eigenvalue weighted by atomic mass is 32.2. The van der Waals surface area contributed by atoms with Crippen LogP contribution in [0.15, 0.2) is 35.2 Å². The summed E-state index contributed by atoms with van der Waals surface area (Å²) in [6, 6.07) is 8.24. The number of benzene rings is 2. The van der Waals surface area contributed by atoms with Crippen LogP contribution in [-0.2, 0) is 16.4 Å². The zero-order chi connectivity index (χ0) is 29.8. The van der Waals surface area contributed by atoms with Gasteiger partial charge in [0, 0.05) is 15.3 Å². The number of sulfonamides is 1. The number of rotatable bonds is 14. The first-order valence-electron chi connectivity index (χ1n) is 13.9. The molecular weight excluding hydrogens is 464 g/mol. The van der Waals surface area contributed by atoms with E-state index in [0.717, 1.165) is 11.1 Å². The van der Waals surface area contributed by atoms with E-state index in [2.05, 4.69) is 5.32 Å². The van der Waals surface area contributed by atoms with Gasteiger partial charge in [0.2, 0.25) is 10.0 Å². The molecule has 2 rings (SSSR count). The third-order valence-corrected chi connectivity index (χ3v) is 6.51. The first-order valence-corrected chi connectivity index (χ1v) is 13.3. The average molecular weight is 511 g/mol. The molecule has 3 atom stereocenters. The molecule has 0 aliphatic rings. The molecule has 0 aromatic heterocycles. The molecule has 0 aliphatic heterocycles. The van der Waals surface area contributed by atoms with Gasteiger partial charge >= 0.3 is 0 Å². The quantitative estimate of drug-likeness (QED) is 0.380. The molecule has 0 aliphatic carbocycles. The summed E-state index contributed by atoms with van der Waals surface area (Å²) in [5.74, 6) is -0.698. The normalized spacial score (nSPS) is 16.8. The molecule has 2 aromatic carbocycles. The molecule has 0 fully saturated rings. The van der Waals surface area contributed by atoms with Crippen molar-refractivity contribution in [3.8, 4) is 17.2 Å². The molecule has 0 spiro atoms. The van der Waals surface area contributed by atoms with Crippen LogP contribution in [-0.4, -0.2) is 40.3 Å². The Morgan fingerprint density at radius 3 is 2.40 bits per heavy atom. The van der Waals surface area contributed by atoms with E-state index in [0.29, 0.717) is 30.9 Å². The molecule has 8 heteroatoms. The maximum absolute atomic E-state index is 12.3. The standard InChI is InChI=1S/C27H42N2O5S/c1-8-23(15-22-13-14-25(32-9-2)27(21(22)7)35(28,30)31)29-16-20(6)34-26-19(5)11-10-12-24(26)33-17-18(3)4/h10-14,18,20,23,29H,8-9,15-17H2,1-7H3,(H2,28,30,31)/t20?,23-/m1/s1/i8D,17D2,18D/t8?,20?,23-. The number of hydrogen-bond acceptors (Lipinski definition) is 6. The predicted octanol–water partition coefficient (Wildman–Crippen LogP) is 4.76. The topological polar surface area (TPSA) is 99.9 Å². The van der Waals surface area contributed by atoms with Gasteiger partial charge in [-0.25, -0.2) is 13.6 Å². The molecule has 0 heterocycles. The van der Waals surface area contributed by atoms with Gasteiger partial charge in [-0.05, 0) is 75.2 Å². The summed E-state index contributed by atoms with van der Waals surface area (Å²) in [7, 11) is -4.02. The fraction of sp³-hybridized carbons (Fsp3) is 0.556. The van der Waals surface area contributed by atoms with Gasteiger partial charge in [-0.3, -0.25) is 0 Å². The van der Waals surface area contributed by atoms with Gasteiger partial charge in [0.15, 0.2) is 11.5 Å². The van der Waals surface area contributed by atoms with Crippen LogP contribution >= 0.6 is 0 Å². The highest BCUT2D eigenvalue weighted by Crippen LogP contribution is 2.32. The van der Waals surface area contributed by atoms with Crippen molar-refractivity contribution < 1.29 is 28.1 Å². The minimum atomic E-state index is -4.02. The lowest BCUT2D eigenvalue weighted by molar-refractivity contribution is 0.190. The van der Waals surface area contributed by atoms with E-state index in [1.807, 2.05) is 19.9 Å². The van der Waals surface area contributed by atoms with Crippen molar-refractivity contribution in [1.29, 1.82) is 0 Å². The maximum atomic E-state index is 12.3. The van der Waals surface area contributed by atoms with E-state index in [1.54, 1.807) is 45.0 Å². The molecule has 0 radical (unpaired) electrons. The Balaban J connectivity index is 2.21. The second-order valence-corrected chi connectivity index (χ2v) is 10.2. The number of aryl methyl sites for hydroxylation is 1. The molecular formula is C27H42N2O5S. The second kappa shape index (κ2) is 13.1. The number of primary sulfonamides is 1. The summed E-state index contributed by atoms with van der Waals surface area (Å²) < 4.78 is 74.6. The molecule has 0 bridgehead atoms. The summed E-state index contributed by atoms with van der Waals surface area (Å²) in [5, 5.41) is 8.84. The van der Waals surface area contributed by atoms with Crippen LogP contribution in [0.4, 0.5) is 0 Å². The van der Waals surface area contributed by atoms with Gasteiger partial charge in [0.05, 0.1) is 15.9 Å². The van der Waals surface area contributed by atoms with Gasteiger partial charge in [-0.2, -0.15) is 0 Å². The zero-order valence-corrected chi connectivity index (χ0v) is 22.6. The van der Waals surface area contributed by atoms with E-state index in [4.69, 9.17) is 24.8 Å². The van der Waals surface area contributed by atoms with Gasteiger partial charge in [-0.1, -0.05) is 39.0 Å². The van der Waals surface area contributed by atoms with Gasteiger partial charge < -0.3 is 19.5 Å². The van der Waals surface area contributed by atoms with E-state index in [9.17, 15) is 8.42 Å². The van der Waals surface area contributed by atoms with Crippen molar-refractivity contribution in [3.63, 3.8) is 0 Å². The maximum Gasteiger partial charge on any atom is 0.242 e. The summed E-state index contributed by atoms with van der Waals surface area (Å²) in [6.07, 6.45) is -0.522. The van der Waals surface area contributed by atoms with Crippen LogP contribution in [0.5, 0.6) is 17.2 Å². The monoisotopic (exact) mass is 510 g/mol. The van der Waals surface area contributed by atoms with Crippen LogP contribution in [0.1, 0.15) is 63.2 Å². The molecule has 0 saturated carbocycles. The van der Waals surface area contributed by atoms with Crippen molar-refractivity contribution in [2.45, 2.75) is 78.3 Å². The molecule has 2 aromatic rings. The van der Waals surface area contributed by atoms with Crippen molar-refractivity contribution in [2.24, 2.45) is 11.0 Å². The molecule has 196 valence electrons. The highest BCUT2D eigenvalue weighted by molar-refractivity contribution is 7.89. The van der Waals surface area contributed by atoms with Crippen LogP contribution in [0, 0.1) is 19.7 Å². The highest BCUT2D eigenvalue weighted by Gasteiger charge is 2.22. The van der Waals surface area contributed by atoms with Crippen molar-refractivity contribution in [1.82, 2.24) is 5.32 Å². The fourth-order valence-electron chi connectivity index (χ4n) is 3.67. The average Bonchev–Trinajstić information content (AvgIpc) is 2.78. The molecule has 2 unspecified atom stereocenters. The minimum Gasteiger partial charge on any atom is -0.492 e. The first-order chi connectivity index (χ1) is 17.9. The Morgan fingerprint density at radius 2 is 1.80 bits per heavy atom. The van der Waals surface area contributed by atoms with Crippen molar-refractivity contribution in [2.75, 3.05) is 19.7 Å². The van der Waals surface area contributed by atoms with E-state index in [-0.39, 0.29) is 28.5 Å². The fourth-order valence-corrected chi connectivity index (χ4v) is 4.64. The number of nitrogens with two attached hydrogens (primary N) is 1. The lowest BCUT2D eigenvalue weighted by Gasteiger charge is -2.24. The lowest BCUT2D eigenvalue weighted by atomic mass is 9.99. The van der Waals surface area contributed by atoms with E-state index < -0.39 is 28.9 Å². The summed E-state index contributed by atoms with van der Waals surface area (Å²) >= 11 is 0. The van der Waals surface area contributed by atoms with Crippen LogP contribution in [0.3, 0.4) is 0 Å². The molecule has 3 N–H and O–H groups in total.